The summed E-state index contributed by atoms with van der Waals surface area (Å²) in [6.07, 6.45) is -10.2. The molecular weight excluding hydrogens is 450 g/mol. The van der Waals surface area contributed by atoms with Gasteiger partial charge in [-0.2, -0.15) is 13.2 Å². The van der Waals surface area contributed by atoms with Gasteiger partial charge in [-0.25, -0.2) is 4.79 Å². The highest BCUT2D eigenvalue weighted by Crippen LogP contribution is 2.33. The molecule has 0 aliphatic carbocycles. The van der Waals surface area contributed by atoms with Crippen LogP contribution in [0.1, 0.15) is 23.6 Å². The minimum atomic E-state index is -4.92. The van der Waals surface area contributed by atoms with Crippen LogP contribution in [0.3, 0.4) is 0 Å². The molecular formula is C19H16F6N2O5. The Labute approximate surface area is 177 Å². The molecule has 0 bridgehead atoms. The van der Waals surface area contributed by atoms with Gasteiger partial charge in [0.05, 0.1) is 25.1 Å². The quantitative estimate of drug-likeness (QED) is 0.256. The second-order valence-corrected chi connectivity index (χ2v) is 6.45. The molecule has 0 radical (unpaired) electrons. The first kappa shape index (κ1) is 24.8. The normalized spacial score (nSPS) is 13.7. The molecule has 0 fully saturated rings. The van der Waals surface area contributed by atoms with Crippen LogP contribution in [0.15, 0.2) is 48.5 Å². The number of anilines is 1. The minimum absolute atomic E-state index is 0.0359. The van der Waals surface area contributed by atoms with Gasteiger partial charge in [0.1, 0.15) is 5.75 Å². The monoisotopic (exact) mass is 466 g/mol. The summed E-state index contributed by atoms with van der Waals surface area (Å²) in [5, 5.41) is 14.0. The Morgan fingerprint density at radius 2 is 1.72 bits per heavy atom. The zero-order valence-electron chi connectivity index (χ0n) is 16.2. The van der Waals surface area contributed by atoms with Crippen LogP contribution in [0, 0.1) is 10.1 Å². The summed E-state index contributed by atoms with van der Waals surface area (Å²) in [6.45, 7) is 0. The van der Waals surface area contributed by atoms with Gasteiger partial charge in [0, 0.05) is 10.6 Å². The van der Waals surface area contributed by atoms with Gasteiger partial charge >= 0.3 is 24.5 Å². The van der Waals surface area contributed by atoms with Crippen molar-refractivity contribution in [3.8, 4) is 5.75 Å². The molecule has 0 aromatic heterocycles. The third-order valence-corrected chi connectivity index (χ3v) is 4.23. The summed E-state index contributed by atoms with van der Waals surface area (Å²) in [7, 11) is 0.922. The van der Waals surface area contributed by atoms with E-state index in [1.807, 2.05) is 0 Å². The summed E-state index contributed by atoms with van der Waals surface area (Å²) < 4.78 is 84.3. The lowest BCUT2D eigenvalue weighted by Gasteiger charge is -2.22. The Hall–Kier alpha value is -3.51. The fourth-order valence-electron chi connectivity index (χ4n) is 2.79. The van der Waals surface area contributed by atoms with Crippen LogP contribution in [0.5, 0.6) is 5.75 Å². The number of ether oxygens (including phenoxy) is 2. The summed E-state index contributed by atoms with van der Waals surface area (Å²) in [5.41, 5.74) is -0.938. The van der Waals surface area contributed by atoms with E-state index in [4.69, 9.17) is 0 Å². The number of alkyl halides is 6. The smallest absolute Gasteiger partial charge is 0.464 e. The van der Waals surface area contributed by atoms with E-state index >= 15 is 0 Å². The molecule has 2 atom stereocenters. The maximum Gasteiger partial charge on any atom is 0.573 e. The standard InChI is InChI=1S/C19H16F6N2O5/c1-31-17(28)16(27(29)30)10-15(11-3-2-4-12(9-11)18(20,21)22)26-13-5-7-14(8-6-13)32-19(23,24)25/h2-9,15-16,26H,10H2,1H3/t15-,16?/m1/s1. The van der Waals surface area contributed by atoms with E-state index in [9.17, 15) is 41.3 Å². The molecule has 0 heterocycles. The number of carbonyl (C=O) groups excluding carboxylic acids is 1. The van der Waals surface area contributed by atoms with Crippen LogP contribution in [0.25, 0.3) is 0 Å². The maximum atomic E-state index is 13.1. The number of nitro groups is 1. The van der Waals surface area contributed by atoms with Crippen LogP contribution in [-0.2, 0) is 15.7 Å². The molecule has 1 unspecified atom stereocenters. The van der Waals surface area contributed by atoms with Crippen molar-refractivity contribution in [1.82, 2.24) is 0 Å². The largest absolute Gasteiger partial charge is 0.573 e. The second kappa shape index (κ2) is 9.75. The number of nitrogens with zero attached hydrogens (tertiary/aromatic N) is 1. The molecule has 1 N–H and O–H groups in total. The lowest BCUT2D eigenvalue weighted by Crippen LogP contribution is -2.34. The van der Waals surface area contributed by atoms with Crippen molar-refractivity contribution in [2.75, 3.05) is 12.4 Å². The Morgan fingerprint density at radius 3 is 2.22 bits per heavy atom. The first-order valence-corrected chi connectivity index (χ1v) is 8.81. The van der Waals surface area contributed by atoms with Crippen molar-refractivity contribution in [1.29, 1.82) is 0 Å². The van der Waals surface area contributed by atoms with Gasteiger partial charge in [0.2, 0.25) is 0 Å². The highest BCUT2D eigenvalue weighted by Gasteiger charge is 2.36. The number of halogens is 6. The predicted octanol–water partition coefficient (Wildman–Crippen LogP) is 4.97. The fourth-order valence-corrected chi connectivity index (χ4v) is 2.79. The van der Waals surface area contributed by atoms with E-state index in [0.717, 1.165) is 49.6 Å². The molecule has 0 saturated carbocycles. The number of esters is 1. The summed E-state index contributed by atoms with van der Waals surface area (Å²) in [4.78, 5) is 22.1. The number of hydrogen-bond donors (Lipinski definition) is 1. The van der Waals surface area contributed by atoms with Gasteiger partial charge < -0.3 is 14.8 Å². The Morgan fingerprint density at radius 1 is 1.09 bits per heavy atom. The number of benzene rings is 2. The van der Waals surface area contributed by atoms with E-state index in [2.05, 4.69) is 14.8 Å². The lowest BCUT2D eigenvalue weighted by molar-refractivity contribution is -0.511. The highest BCUT2D eigenvalue weighted by molar-refractivity contribution is 5.74. The third kappa shape index (κ3) is 7.03. The van der Waals surface area contributed by atoms with Crippen LogP contribution in [0.2, 0.25) is 0 Å². The van der Waals surface area contributed by atoms with E-state index in [-0.39, 0.29) is 11.3 Å². The van der Waals surface area contributed by atoms with Crippen molar-refractivity contribution in [2.24, 2.45) is 0 Å². The van der Waals surface area contributed by atoms with Crippen molar-refractivity contribution in [3.05, 3.63) is 69.8 Å². The molecule has 0 aliphatic rings. The number of hydrogen-bond acceptors (Lipinski definition) is 6. The second-order valence-electron chi connectivity index (χ2n) is 6.45. The van der Waals surface area contributed by atoms with Gasteiger partial charge in [-0.15, -0.1) is 13.2 Å². The molecule has 2 aromatic rings. The molecule has 7 nitrogen and oxygen atoms in total. The third-order valence-electron chi connectivity index (χ3n) is 4.23. The lowest BCUT2D eigenvalue weighted by atomic mass is 9.97. The molecule has 0 spiro atoms. The van der Waals surface area contributed by atoms with Crippen molar-refractivity contribution < 1.29 is 45.5 Å². The first-order chi connectivity index (χ1) is 14.8. The van der Waals surface area contributed by atoms with Crippen LogP contribution in [0.4, 0.5) is 32.0 Å². The average Bonchev–Trinajstić information content (AvgIpc) is 2.70. The Balaban J connectivity index is 2.38. The zero-order valence-corrected chi connectivity index (χ0v) is 16.2. The molecule has 13 heteroatoms. The molecule has 2 aromatic carbocycles. The van der Waals surface area contributed by atoms with E-state index in [1.165, 1.54) is 6.07 Å². The average molecular weight is 466 g/mol. The topological polar surface area (TPSA) is 90.7 Å². The summed E-state index contributed by atoms with van der Waals surface area (Å²) in [6, 6.07) is 4.99. The highest BCUT2D eigenvalue weighted by atomic mass is 19.4. The van der Waals surface area contributed by atoms with Crippen molar-refractivity contribution in [3.63, 3.8) is 0 Å². The van der Waals surface area contributed by atoms with Crippen molar-refractivity contribution in [2.45, 2.75) is 31.0 Å². The molecule has 32 heavy (non-hydrogen) atoms. The van der Waals surface area contributed by atoms with Gasteiger partial charge in [-0.1, -0.05) is 12.1 Å². The number of methoxy groups -OCH3 is 1. The van der Waals surface area contributed by atoms with E-state index < -0.39 is 53.2 Å². The zero-order chi connectivity index (χ0) is 24.1. The molecule has 2 rings (SSSR count). The predicted molar refractivity (Wildman–Crippen MR) is 98.3 cm³/mol. The van der Waals surface area contributed by atoms with Gasteiger partial charge in [-0.05, 0) is 42.0 Å². The van der Waals surface area contributed by atoms with Crippen LogP contribution < -0.4 is 10.1 Å². The Kier molecular flexibility index (Phi) is 7.54. The fraction of sp³-hybridized carbons (Fsp3) is 0.316. The maximum absolute atomic E-state index is 13.1. The van der Waals surface area contributed by atoms with Gasteiger partial charge in [0.15, 0.2) is 0 Å². The molecule has 174 valence electrons. The number of rotatable bonds is 8. The van der Waals surface area contributed by atoms with E-state index in [0.29, 0.717) is 0 Å². The van der Waals surface area contributed by atoms with E-state index in [1.54, 1.807) is 0 Å². The van der Waals surface area contributed by atoms with Gasteiger partial charge in [0.25, 0.3) is 0 Å². The van der Waals surface area contributed by atoms with Crippen molar-refractivity contribution >= 4 is 11.7 Å². The molecule has 0 saturated heterocycles. The number of nitrogens with one attached hydrogen (secondary N) is 1. The Bertz CT molecular complexity index is 946. The molecule has 0 aliphatic heterocycles. The minimum Gasteiger partial charge on any atom is -0.464 e. The summed E-state index contributed by atoms with van der Waals surface area (Å²) >= 11 is 0. The van der Waals surface area contributed by atoms with Crippen LogP contribution >= 0.6 is 0 Å². The number of carbonyl (C=O) groups is 1. The molecule has 0 amide bonds. The van der Waals surface area contributed by atoms with Gasteiger partial charge in [-0.3, -0.25) is 10.1 Å². The first-order valence-electron chi connectivity index (χ1n) is 8.81. The SMILES string of the molecule is COC(=O)C(C[C@@H](Nc1ccc(OC(F)(F)F)cc1)c1cccc(C(F)(F)F)c1)[N+](=O)[O-]. The van der Waals surface area contributed by atoms with Crippen LogP contribution in [-0.4, -0.2) is 30.4 Å². The summed E-state index contributed by atoms with van der Waals surface area (Å²) in [5.74, 6) is -1.75.